The van der Waals surface area contributed by atoms with Gasteiger partial charge in [-0.1, -0.05) is 13.3 Å². The summed E-state index contributed by atoms with van der Waals surface area (Å²) in [6.07, 6.45) is 4.78. The number of nitrogens with one attached hydrogen (secondary N) is 1. The van der Waals surface area contributed by atoms with Gasteiger partial charge in [-0.05, 0) is 44.1 Å². The summed E-state index contributed by atoms with van der Waals surface area (Å²) in [5.41, 5.74) is -0.369. The Balaban J connectivity index is 1.85. The van der Waals surface area contributed by atoms with Crippen molar-refractivity contribution >= 4 is 11.9 Å². The first-order chi connectivity index (χ1) is 9.59. The molecule has 2 saturated heterocycles. The van der Waals surface area contributed by atoms with Crippen molar-refractivity contribution in [3.8, 4) is 0 Å². The van der Waals surface area contributed by atoms with Crippen molar-refractivity contribution in [1.82, 2.24) is 10.2 Å². The number of aliphatic carboxylic acids is 1. The molecular weight excluding hydrogens is 256 g/mol. The summed E-state index contributed by atoms with van der Waals surface area (Å²) in [4.78, 5) is 26.3. The number of hydrogen-bond donors (Lipinski definition) is 2. The predicted molar refractivity (Wildman–Crippen MR) is 74.2 cm³/mol. The van der Waals surface area contributed by atoms with Crippen LogP contribution in [0.25, 0.3) is 0 Å². The van der Waals surface area contributed by atoms with E-state index in [1.165, 1.54) is 0 Å². The fourth-order valence-electron chi connectivity index (χ4n) is 4.51. The third kappa shape index (κ3) is 1.94. The lowest BCUT2D eigenvalue weighted by Gasteiger charge is -2.34. The van der Waals surface area contributed by atoms with Crippen LogP contribution in [0.1, 0.15) is 39.0 Å². The Morgan fingerprint density at radius 3 is 2.80 bits per heavy atom. The summed E-state index contributed by atoms with van der Waals surface area (Å²) >= 11 is 0. The van der Waals surface area contributed by atoms with E-state index >= 15 is 0 Å². The maximum Gasteiger partial charge on any atom is 0.326 e. The summed E-state index contributed by atoms with van der Waals surface area (Å²) < 4.78 is 0. The summed E-state index contributed by atoms with van der Waals surface area (Å²) in [6, 6.07) is -0.584. The molecule has 0 aromatic rings. The summed E-state index contributed by atoms with van der Waals surface area (Å²) in [7, 11) is 0. The lowest BCUT2D eigenvalue weighted by molar-refractivity contribution is -0.154. The van der Waals surface area contributed by atoms with Gasteiger partial charge in [-0.2, -0.15) is 0 Å². The van der Waals surface area contributed by atoms with Crippen LogP contribution in [0, 0.1) is 17.3 Å². The molecular formula is C15H24N2O3. The van der Waals surface area contributed by atoms with E-state index < -0.39 is 12.0 Å². The second kappa shape index (κ2) is 5.02. The van der Waals surface area contributed by atoms with E-state index in [0.29, 0.717) is 19.0 Å². The van der Waals surface area contributed by atoms with Gasteiger partial charge in [0, 0.05) is 13.1 Å². The molecule has 112 valence electrons. The van der Waals surface area contributed by atoms with E-state index in [1.54, 1.807) is 4.90 Å². The highest BCUT2D eigenvalue weighted by atomic mass is 16.4. The van der Waals surface area contributed by atoms with Gasteiger partial charge in [0.1, 0.15) is 6.04 Å². The Morgan fingerprint density at radius 2 is 2.20 bits per heavy atom. The summed E-state index contributed by atoms with van der Waals surface area (Å²) in [5, 5.41) is 12.8. The number of amides is 1. The zero-order valence-electron chi connectivity index (χ0n) is 12.1. The van der Waals surface area contributed by atoms with Crippen LogP contribution in [0.15, 0.2) is 0 Å². The molecule has 20 heavy (non-hydrogen) atoms. The van der Waals surface area contributed by atoms with Crippen molar-refractivity contribution < 1.29 is 14.7 Å². The zero-order chi connectivity index (χ0) is 14.3. The molecule has 5 nitrogen and oxygen atoms in total. The highest BCUT2D eigenvalue weighted by Gasteiger charge is 2.53. The van der Waals surface area contributed by atoms with Crippen LogP contribution in [-0.2, 0) is 9.59 Å². The van der Waals surface area contributed by atoms with Gasteiger partial charge >= 0.3 is 5.97 Å². The normalized spacial score (nSPS) is 40.0. The van der Waals surface area contributed by atoms with Crippen LogP contribution in [0.2, 0.25) is 0 Å². The van der Waals surface area contributed by atoms with Gasteiger partial charge in [-0.15, -0.1) is 0 Å². The van der Waals surface area contributed by atoms with Crippen molar-refractivity contribution in [1.29, 1.82) is 0 Å². The number of carboxylic acid groups (broad SMARTS) is 1. The maximum absolute atomic E-state index is 13.0. The van der Waals surface area contributed by atoms with Crippen molar-refractivity contribution in [2.24, 2.45) is 17.3 Å². The molecule has 3 aliphatic rings. The predicted octanol–water partition coefficient (Wildman–Crippen LogP) is 1.09. The summed E-state index contributed by atoms with van der Waals surface area (Å²) in [6.45, 7) is 4.25. The second-order valence-electron chi connectivity index (χ2n) is 6.66. The van der Waals surface area contributed by atoms with Crippen LogP contribution in [0.5, 0.6) is 0 Å². The lowest BCUT2D eigenvalue weighted by Crippen LogP contribution is -2.50. The molecule has 0 bridgehead atoms. The smallest absolute Gasteiger partial charge is 0.326 e. The van der Waals surface area contributed by atoms with Gasteiger partial charge in [-0.3, -0.25) is 4.79 Å². The van der Waals surface area contributed by atoms with Gasteiger partial charge in [0.2, 0.25) is 5.91 Å². The zero-order valence-corrected chi connectivity index (χ0v) is 12.1. The van der Waals surface area contributed by atoms with Crippen LogP contribution in [0.3, 0.4) is 0 Å². The minimum absolute atomic E-state index is 0.0757. The van der Waals surface area contributed by atoms with Crippen molar-refractivity contribution in [3.63, 3.8) is 0 Å². The molecule has 3 rings (SSSR count). The summed E-state index contributed by atoms with van der Waals surface area (Å²) in [5.74, 6) is -0.153. The molecule has 2 aliphatic heterocycles. The highest BCUT2D eigenvalue weighted by molar-refractivity contribution is 5.89. The molecule has 4 atom stereocenters. The minimum atomic E-state index is -0.815. The number of carboxylic acids is 1. The van der Waals surface area contributed by atoms with Gasteiger partial charge in [0.25, 0.3) is 0 Å². The van der Waals surface area contributed by atoms with Crippen LogP contribution in [-0.4, -0.2) is 47.6 Å². The van der Waals surface area contributed by atoms with E-state index in [-0.39, 0.29) is 17.2 Å². The van der Waals surface area contributed by atoms with E-state index in [9.17, 15) is 14.7 Å². The van der Waals surface area contributed by atoms with Crippen LogP contribution in [0.4, 0.5) is 0 Å². The standard InChI is InChI=1S/C15H24N2O3/c1-2-15(6-7-16-9-15)14(20)17-8-10-4-3-5-11(10)12(17)13(18)19/h10-12,16H,2-9H2,1H3,(H,18,19). The van der Waals surface area contributed by atoms with Crippen LogP contribution >= 0.6 is 0 Å². The Bertz CT molecular complexity index is 417. The fourth-order valence-corrected chi connectivity index (χ4v) is 4.51. The number of carbonyl (C=O) groups is 2. The fraction of sp³-hybridized carbons (Fsp3) is 0.867. The number of rotatable bonds is 3. The first-order valence-corrected chi connectivity index (χ1v) is 7.83. The molecule has 1 saturated carbocycles. The van der Waals surface area contributed by atoms with E-state index in [4.69, 9.17) is 0 Å². The number of carbonyl (C=O) groups excluding carboxylic acids is 1. The Morgan fingerprint density at radius 1 is 1.40 bits per heavy atom. The van der Waals surface area contributed by atoms with Gasteiger partial charge in [0.15, 0.2) is 0 Å². The molecule has 2 heterocycles. The third-order valence-electron chi connectivity index (χ3n) is 5.78. The maximum atomic E-state index is 13.0. The Kier molecular flexibility index (Phi) is 3.48. The SMILES string of the molecule is CCC1(C(=O)N2CC3CCCC3C2C(=O)O)CCNC1. The van der Waals surface area contributed by atoms with Gasteiger partial charge in [-0.25, -0.2) is 4.79 Å². The highest BCUT2D eigenvalue weighted by Crippen LogP contribution is 2.44. The number of fused-ring (bicyclic) bond motifs is 1. The van der Waals surface area contributed by atoms with E-state index in [1.807, 2.05) is 6.92 Å². The molecule has 1 amide bonds. The first kappa shape index (κ1) is 13.9. The molecule has 0 radical (unpaired) electrons. The molecule has 1 aliphatic carbocycles. The number of nitrogens with zero attached hydrogens (tertiary/aromatic N) is 1. The van der Waals surface area contributed by atoms with Crippen molar-refractivity contribution in [3.05, 3.63) is 0 Å². The van der Waals surface area contributed by atoms with Gasteiger partial charge < -0.3 is 15.3 Å². The molecule has 4 unspecified atom stereocenters. The van der Waals surface area contributed by atoms with Crippen molar-refractivity contribution in [2.75, 3.05) is 19.6 Å². The molecule has 0 aromatic carbocycles. The third-order valence-corrected chi connectivity index (χ3v) is 5.78. The average Bonchev–Trinajstić information content (AvgIpc) is 3.12. The molecule has 0 aromatic heterocycles. The largest absolute Gasteiger partial charge is 0.480 e. The van der Waals surface area contributed by atoms with Crippen molar-refractivity contribution in [2.45, 2.75) is 45.1 Å². The Hall–Kier alpha value is -1.10. The molecule has 3 fully saturated rings. The topological polar surface area (TPSA) is 69.6 Å². The molecule has 5 heteroatoms. The lowest BCUT2D eigenvalue weighted by atomic mass is 9.82. The van der Waals surface area contributed by atoms with E-state index in [0.717, 1.165) is 38.6 Å². The molecule has 0 spiro atoms. The second-order valence-corrected chi connectivity index (χ2v) is 6.66. The van der Waals surface area contributed by atoms with E-state index in [2.05, 4.69) is 5.32 Å². The monoisotopic (exact) mass is 280 g/mol. The van der Waals surface area contributed by atoms with Crippen LogP contribution < -0.4 is 5.32 Å². The first-order valence-electron chi connectivity index (χ1n) is 7.83. The number of likely N-dealkylation sites (tertiary alicyclic amines) is 1. The molecule has 2 N–H and O–H groups in total. The average molecular weight is 280 g/mol. The Labute approximate surface area is 119 Å². The quantitative estimate of drug-likeness (QED) is 0.812. The van der Waals surface area contributed by atoms with Gasteiger partial charge in [0.05, 0.1) is 5.41 Å². The minimum Gasteiger partial charge on any atom is -0.480 e. The number of hydrogen-bond acceptors (Lipinski definition) is 3.